The number of aryl methyl sites for hydroxylation is 2. The molecule has 7 nitrogen and oxygen atoms in total. The average molecular weight is 555 g/mol. The van der Waals surface area contributed by atoms with Gasteiger partial charge in [0.2, 0.25) is 0 Å². The van der Waals surface area contributed by atoms with E-state index in [2.05, 4.69) is 54.3 Å². The zero-order chi connectivity index (χ0) is 28.9. The number of hydrogen-bond donors (Lipinski definition) is 2. The van der Waals surface area contributed by atoms with Crippen LogP contribution in [-0.4, -0.2) is 53.9 Å². The van der Waals surface area contributed by atoms with E-state index in [9.17, 15) is 9.59 Å². The largest absolute Gasteiger partial charge is 0.383 e. The molecule has 0 radical (unpaired) electrons. The summed E-state index contributed by atoms with van der Waals surface area (Å²) in [5.41, 5.74) is 12.5. The number of likely N-dealkylation sites (tertiary alicyclic amines) is 1. The van der Waals surface area contributed by atoms with Crippen LogP contribution in [0.4, 0.5) is 5.82 Å². The van der Waals surface area contributed by atoms with Crippen molar-refractivity contribution in [3.63, 3.8) is 0 Å². The van der Waals surface area contributed by atoms with Crippen molar-refractivity contribution >= 4 is 17.5 Å². The molecule has 1 aliphatic heterocycles. The Morgan fingerprint density at radius 1 is 0.976 bits per heavy atom. The van der Waals surface area contributed by atoms with E-state index in [-0.39, 0.29) is 29.7 Å². The fourth-order valence-corrected chi connectivity index (χ4v) is 5.94. The van der Waals surface area contributed by atoms with Crippen molar-refractivity contribution in [2.75, 3.05) is 25.9 Å². The molecule has 3 N–H and O–H groups in total. The first-order valence-corrected chi connectivity index (χ1v) is 14.8. The molecule has 1 saturated heterocycles. The summed E-state index contributed by atoms with van der Waals surface area (Å²) in [5.74, 6) is 0.597. The lowest BCUT2D eigenvalue weighted by atomic mass is 9.89. The molecule has 1 aromatic heterocycles. The predicted molar refractivity (Wildman–Crippen MR) is 163 cm³/mol. The van der Waals surface area contributed by atoms with Gasteiger partial charge in [0.05, 0.1) is 24.3 Å². The van der Waals surface area contributed by atoms with Crippen molar-refractivity contribution in [2.24, 2.45) is 5.92 Å². The van der Waals surface area contributed by atoms with Crippen LogP contribution >= 0.6 is 0 Å². The Kier molecular flexibility index (Phi) is 9.15. The first kappa shape index (κ1) is 29.0. The molecule has 1 saturated carbocycles. The smallest absolute Gasteiger partial charge is 0.255 e. The maximum atomic E-state index is 13.3. The van der Waals surface area contributed by atoms with Gasteiger partial charge in [-0.05, 0) is 100 Å². The zero-order valence-corrected chi connectivity index (χ0v) is 24.5. The Hall–Kier alpha value is -3.55. The first-order valence-electron chi connectivity index (χ1n) is 14.8. The lowest BCUT2D eigenvalue weighted by Gasteiger charge is -2.28. The number of anilines is 1. The summed E-state index contributed by atoms with van der Waals surface area (Å²) in [6, 6.07) is 15.7. The van der Waals surface area contributed by atoms with E-state index in [0.717, 1.165) is 67.4 Å². The quantitative estimate of drug-likeness (QED) is 0.328. The first-order chi connectivity index (χ1) is 19.8. The maximum Gasteiger partial charge on any atom is 0.255 e. The standard InChI is InChI=1S/C34H42N4O3/c1-22-7-8-25(17-23(22)2)21-41-32-6-4-5-30(32)37-34(40)29-19-28(20-36-33(29)35)26-9-11-27(12-10-26)31(39)18-24-13-15-38(3)16-14-24/h7-12,17,19-20,24,30,32H,4-6,13-16,18,21H2,1-3H3,(H2,35,36)(H,37,40)/t30-,32-/m0/s1. The van der Waals surface area contributed by atoms with E-state index in [1.807, 2.05) is 24.3 Å². The number of nitrogens with zero attached hydrogens (tertiary/aromatic N) is 2. The summed E-state index contributed by atoms with van der Waals surface area (Å²) >= 11 is 0. The van der Waals surface area contributed by atoms with E-state index in [0.29, 0.717) is 24.5 Å². The molecule has 2 atom stereocenters. The Bertz CT molecular complexity index is 1380. The number of pyridine rings is 1. The number of aromatic nitrogens is 1. The number of ether oxygens (including phenoxy) is 1. The number of ketones is 1. The number of carbonyl (C=O) groups excluding carboxylic acids is 2. The van der Waals surface area contributed by atoms with Gasteiger partial charge in [-0.1, -0.05) is 42.5 Å². The van der Waals surface area contributed by atoms with Crippen LogP contribution in [-0.2, 0) is 11.3 Å². The maximum absolute atomic E-state index is 13.3. The molecular formula is C34H42N4O3. The number of nitrogens with two attached hydrogens (primary N) is 1. The van der Waals surface area contributed by atoms with Crippen LogP contribution in [0.25, 0.3) is 11.1 Å². The number of carbonyl (C=O) groups is 2. The molecule has 2 aromatic carbocycles. The Balaban J connectivity index is 1.21. The minimum Gasteiger partial charge on any atom is -0.383 e. The number of Topliss-reactive ketones (excluding diaryl/α,β-unsaturated/α-hetero) is 1. The highest BCUT2D eigenvalue weighted by Gasteiger charge is 2.30. The second-order valence-electron chi connectivity index (χ2n) is 11.9. The molecule has 5 rings (SSSR count). The summed E-state index contributed by atoms with van der Waals surface area (Å²) < 4.78 is 6.25. The fourth-order valence-electron chi connectivity index (χ4n) is 5.94. The second-order valence-corrected chi connectivity index (χ2v) is 11.9. The number of rotatable bonds is 9. The molecule has 0 spiro atoms. The molecule has 2 heterocycles. The molecule has 1 amide bonds. The van der Waals surface area contributed by atoms with Crippen LogP contribution < -0.4 is 11.1 Å². The predicted octanol–water partition coefficient (Wildman–Crippen LogP) is 5.73. The third-order valence-corrected chi connectivity index (χ3v) is 8.82. The number of hydrogen-bond acceptors (Lipinski definition) is 6. The molecule has 41 heavy (non-hydrogen) atoms. The van der Waals surface area contributed by atoms with E-state index in [1.54, 1.807) is 12.3 Å². The Morgan fingerprint density at radius 2 is 1.73 bits per heavy atom. The Labute approximate surface area is 243 Å². The highest BCUT2D eigenvalue weighted by molar-refractivity contribution is 6.00. The van der Waals surface area contributed by atoms with Crippen molar-refractivity contribution < 1.29 is 14.3 Å². The molecule has 0 bridgehead atoms. The number of piperidine rings is 1. The van der Waals surface area contributed by atoms with Crippen LogP contribution in [0, 0.1) is 19.8 Å². The van der Waals surface area contributed by atoms with Crippen LogP contribution in [0.1, 0.15) is 75.9 Å². The molecule has 2 aliphatic rings. The molecule has 3 aromatic rings. The van der Waals surface area contributed by atoms with Crippen LogP contribution in [0.3, 0.4) is 0 Å². The van der Waals surface area contributed by atoms with Crippen molar-refractivity contribution in [3.05, 3.63) is 82.5 Å². The van der Waals surface area contributed by atoms with Gasteiger partial charge in [-0.2, -0.15) is 0 Å². The van der Waals surface area contributed by atoms with Crippen LogP contribution in [0.5, 0.6) is 0 Å². The zero-order valence-electron chi connectivity index (χ0n) is 24.5. The van der Waals surface area contributed by atoms with E-state index >= 15 is 0 Å². The van der Waals surface area contributed by atoms with Gasteiger partial charge in [0.25, 0.3) is 5.91 Å². The number of nitrogens with one attached hydrogen (secondary N) is 1. The number of amides is 1. The van der Waals surface area contributed by atoms with Crippen molar-refractivity contribution in [3.8, 4) is 11.1 Å². The van der Waals surface area contributed by atoms with Gasteiger partial charge in [0, 0.05) is 23.7 Å². The van der Waals surface area contributed by atoms with Crippen molar-refractivity contribution in [1.29, 1.82) is 0 Å². The summed E-state index contributed by atoms with van der Waals surface area (Å²) in [5, 5.41) is 3.16. The second kappa shape index (κ2) is 13.0. The van der Waals surface area contributed by atoms with Gasteiger partial charge in [-0.15, -0.1) is 0 Å². The lowest BCUT2D eigenvalue weighted by Crippen LogP contribution is -2.41. The SMILES string of the molecule is Cc1ccc(CO[C@H]2CCC[C@@H]2NC(=O)c2cc(-c3ccc(C(=O)CC4CCN(C)CC4)cc3)cnc2N)cc1C. The van der Waals surface area contributed by atoms with E-state index in [4.69, 9.17) is 10.5 Å². The van der Waals surface area contributed by atoms with Gasteiger partial charge < -0.3 is 20.7 Å². The van der Waals surface area contributed by atoms with Crippen molar-refractivity contribution in [2.45, 2.75) is 71.1 Å². The normalized spacial score (nSPS) is 19.8. The molecule has 7 heteroatoms. The summed E-state index contributed by atoms with van der Waals surface area (Å²) in [4.78, 5) is 32.8. The highest BCUT2D eigenvalue weighted by Crippen LogP contribution is 2.27. The average Bonchev–Trinajstić information content (AvgIpc) is 3.41. The minimum absolute atomic E-state index is 0.0440. The van der Waals surface area contributed by atoms with Crippen LogP contribution in [0.2, 0.25) is 0 Å². The summed E-state index contributed by atoms with van der Waals surface area (Å²) in [6.07, 6.45) is 7.14. The highest BCUT2D eigenvalue weighted by atomic mass is 16.5. The van der Waals surface area contributed by atoms with E-state index in [1.165, 1.54) is 11.1 Å². The monoisotopic (exact) mass is 554 g/mol. The minimum atomic E-state index is -0.242. The van der Waals surface area contributed by atoms with Crippen molar-refractivity contribution in [1.82, 2.24) is 15.2 Å². The van der Waals surface area contributed by atoms with Gasteiger partial charge in [0.15, 0.2) is 5.78 Å². The lowest BCUT2D eigenvalue weighted by molar-refractivity contribution is 0.0272. The summed E-state index contributed by atoms with van der Waals surface area (Å²) in [7, 11) is 2.13. The van der Waals surface area contributed by atoms with Crippen LogP contribution in [0.15, 0.2) is 54.7 Å². The topological polar surface area (TPSA) is 97.5 Å². The fraction of sp³-hybridized carbons (Fsp3) is 0.441. The number of benzene rings is 2. The summed E-state index contributed by atoms with van der Waals surface area (Å²) in [6.45, 7) is 6.84. The van der Waals surface area contributed by atoms with Gasteiger partial charge in [-0.25, -0.2) is 4.98 Å². The number of nitrogen functional groups attached to an aromatic ring is 1. The van der Waals surface area contributed by atoms with Gasteiger partial charge in [-0.3, -0.25) is 9.59 Å². The molecule has 1 aliphatic carbocycles. The molecular weight excluding hydrogens is 512 g/mol. The third-order valence-electron chi connectivity index (χ3n) is 8.82. The van der Waals surface area contributed by atoms with E-state index < -0.39 is 0 Å². The molecule has 216 valence electrons. The molecule has 2 fully saturated rings. The van der Waals surface area contributed by atoms with Gasteiger partial charge in [0.1, 0.15) is 5.82 Å². The molecule has 0 unspecified atom stereocenters. The van der Waals surface area contributed by atoms with Gasteiger partial charge >= 0.3 is 0 Å². The third kappa shape index (κ3) is 7.21. The Morgan fingerprint density at radius 3 is 2.46 bits per heavy atom.